The number of hydrogen-bond acceptors (Lipinski definition) is 2. The second kappa shape index (κ2) is 7.59. The summed E-state index contributed by atoms with van der Waals surface area (Å²) in [5.41, 5.74) is 0. The Morgan fingerprint density at radius 2 is 2.09 bits per heavy atom. The van der Waals surface area contributed by atoms with Gasteiger partial charge in [0.15, 0.2) is 0 Å². The Labute approximate surface area is 70.0 Å². The fraction of sp³-hybridized carbons (Fsp3) is 0.778. The fourth-order valence-corrected chi connectivity index (χ4v) is 0.760. The molecule has 0 saturated heterocycles. The Balaban J connectivity index is 2.95. The summed E-state index contributed by atoms with van der Waals surface area (Å²) in [6, 6.07) is 0. The van der Waals surface area contributed by atoms with Gasteiger partial charge in [0.05, 0.1) is 6.54 Å². The lowest BCUT2D eigenvalue weighted by atomic mass is 10.4. The normalized spacial score (nSPS) is 9.45. The third-order valence-electron chi connectivity index (χ3n) is 1.35. The summed E-state index contributed by atoms with van der Waals surface area (Å²) in [4.78, 5) is 2.19. The molecular weight excluding hydrogens is 136 g/mol. The average molecular weight is 154 g/mol. The SMILES string of the molecule is CC#CCNCCCN(C)C. The van der Waals surface area contributed by atoms with E-state index in [1.54, 1.807) is 0 Å². The van der Waals surface area contributed by atoms with Crippen LogP contribution in [0.15, 0.2) is 0 Å². The standard InChI is InChI=1S/C9H18N2/c1-4-5-7-10-8-6-9-11(2)3/h10H,6-9H2,1-3H3. The van der Waals surface area contributed by atoms with Crippen molar-refractivity contribution >= 4 is 0 Å². The summed E-state index contributed by atoms with van der Waals surface area (Å²) in [7, 11) is 4.18. The van der Waals surface area contributed by atoms with E-state index in [9.17, 15) is 0 Å². The molecule has 11 heavy (non-hydrogen) atoms. The van der Waals surface area contributed by atoms with Gasteiger partial charge in [-0.3, -0.25) is 0 Å². The van der Waals surface area contributed by atoms with Gasteiger partial charge in [-0.1, -0.05) is 5.92 Å². The summed E-state index contributed by atoms with van der Waals surface area (Å²) in [5.74, 6) is 5.81. The molecule has 0 saturated carbocycles. The zero-order valence-corrected chi connectivity index (χ0v) is 7.78. The van der Waals surface area contributed by atoms with Crippen LogP contribution in [0.3, 0.4) is 0 Å². The molecule has 0 fully saturated rings. The Bertz CT molecular complexity index is 130. The molecule has 0 rings (SSSR count). The molecule has 2 nitrogen and oxygen atoms in total. The van der Waals surface area contributed by atoms with Crippen molar-refractivity contribution in [1.82, 2.24) is 10.2 Å². The summed E-state index contributed by atoms with van der Waals surface area (Å²) in [5, 5.41) is 3.24. The van der Waals surface area contributed by atoms with Crippen molar-refractivity contribution in [2.45, 2.75) is 13.3 Å². The van der Waals surface area contributed by atoms with Gasteiger partial charge in [0.1, 0.15) is 0 Å². The van der Waals surface area contributed by atoms with Crippen LogP contribution in [0.1, 0.15) is 13.3 Å². The first-order valence-corrected chi connectivity index (χ1v) is 4.02. The number of rotatable bonds is 5. The topological polar surface area (TPSA) is 15.3 Å². The molecule has 0 aliphatic rings. The van der Waals surface area contributed by atoms with Gasteiger partial charge in [-0.15, -0.1) is 5.92 Å². The summed E-state index contributed by atoms with van der Waals surface area (Å²) < 4.78 is 0. The van der Waals surface area contributed by atoms with Crippen molar-refractivity contribution in [3.8, 4) is 11.8 Å². The lowest BCUT2D eigenvalue weighted by Crippen LogP contribution is -2.21. The van der Waals surface area contributed by atoms with E-state index in [2.05, 4.69) is 36.2 Å². The molecule has 0 spiro atoms. The van der Waals surface area contributed by atoms with Crippen LogP contribution in [0.25, 0.3) is 0 Å². The van der Waals surface area contributed by atoms with Gasteiger partial charge in [0.25, 0.3) is 0 Å². The van der Waals surface area contributed by atoms with Crippen molar-refractivity contribution in [3.63, 3.8) is 0 Å². The Morgan fingerprint density at radius 3 is 2.64 bits per heavy atom. The lowest BCUT2D eigenvalue weighted by Gasteiger charge is -2.08. The van der Waals surface area contributed by atoms with Gasteiger partial charge in [-0.05, 0) is 40.5 Å². The van der Waals surface area contributed by atoms with E-state index in [0.29, 0.717) is 0 Å². The number of nitrogens with one attached hydrogen (secondary N) is 1. The first-order valence-electron chi connectivity index (χ1n) is 4.02. The molecule has 0 aromatic rings. The predicted octanol–water partition coefficient (Wildman–Crippen LogP) is 0.551. The first kappa shape index (κ1) is 10.5. The molecule has 1 N–H and O–H groups in total. The number of hydrogen-bond donors (Lipinski definition) is 1. The maximum atomic E-state index is 3.24. The second-order valence-corrected chi connectivity index (χ2v) is 2.76. The van der Waals surface area contributed by atoms with Crippen LogP contribution in [0.4, 0.5) is 0 Å². The minimum absolute atomic E-state index is 0.823. The highest BCUT2D eigenvalue weighted by molar-refractivity contribution is 4.96. The predicted molar refractivity (Wildman–Crippen MR) is 49.5 cm³/mol. The van der Waals surface area contributed by atoms with Crippen LogP contribution in [0, 0.1) is 11.8 Å². The van der Waals surface area contributed by atoms with Crippen molar-refractivity contribution in [2.24, 2.45) is 0 Å². The van der Waals surface area contributed by atoms with E-state index in [1.807, 2.05) is 6.92 Å². The summed E-state index contributed by atoms with van der Waals surface area (Å²) in [6.07, 6.45) is 1.19. The van der Waals surface area contributed by atoms with Gasteiger partial charge in [-0.2, -0.15) is 0 Å². The second-order valence-electron chi connectivity index (χ2n) is 2.76. The Hall–Kier alpha value is -0.520. The molecule has 0 heterocycles. The average Bonchev–Trinajstić information content (AvgIpc) is 1.96. The largest absolute Gasteiger partial charge is 0.309 e. The van der Waals surface area contributed by atoms with Crippen LogP contribution in [0.2, 0.25) is 0 Å². The maximum Gasteiger partial charge on any atom is 0.0576 e. The molecule has 0 aromatic heterocycles. The Morgan fingerprint density at radius 1 is 1.36 bits per heavy atom. The summed E-state index contributed by atoms with van der Waals surface area (Å²) in [6.45, 7) is 4.89. The smallest absolute Gasteiger partial charge is 0.0576 e. The van der Waals surface area contributed by atoms with E-state index < -0.39 is 0 Å². The zero-order chi connectivity index (χ0) is 8.53. The molecule has 64 valence electrons. The lowest BCUT2D eigenvalue weighted by molar-refractivity contribution is 0.396. The Kier molecular flexibility index (Phi) is 7.23. The van der Waals surface area contributed by atoms with Crippen LogP contribution in [-0.4, -0.2) is 38.6 Å². The fourth-order valence-electron chi connectivity index (χ4n) is 0.760. The van der Waals surface area contributed by atoms with Crippen molar-refractivity contribution in [2.75, 3.05) is 33.7 Å². The maximum absolute atomic E-state index is 3.24. The summed E-state index contributed by atoms with van der Waals surface area (Å²) >= 11 is 0. The molecule has 0 unspecified atom stereocenters. The molecule has 0 aliphatic carbocycles. The van der Waals surface area contributed by atoms with Crippen molar-refractivity contribution in [1.29, 1.82) is 0 Å². The third-order valence-corrected chi connectivity index (χ3v) is 1.35. The molecule has 0 amide bonds. The van der Waals surface area contributed by atoms with Gasteiger partial charge >= 0.3 is 0 Å². The van der Waals surface area contributed by atoms with Gasteiger partial charge in [0, 0.05) is 0 Å². The highest BCUT2D eigenvalue weighted by Crippen LogP contribution is 1.79. The van der Waals surface area contributed by atoms with Crippen LogP contribution in [-0.2, 0) is 0 Å². The molecule has 0 aromatic carbocycles. The van der Waals surface area contributed by atoms with E-state index in [0.717, 1.165) is 19.6 Å². The number of nitrogens with zero attached hydrogens (tertiary/aromatic N) is 1. The van der Waals surface area contributed by atoms with E-state index in [1.165, 1.54) is 6.42 Å². The van der Waals surface area contributed by atoms with Crippen LogP contribution in [0.5, 0.6) is 0 Å². The molecular formula is C9H18N2. The zero-order valence-electron chi connectivity index (χ0n) is 7.78. The highest BCUT2D eigenvalue weighted by Gasteiger charge is 1.88. The van der Waals surface area contributed by atoms with Crippen LogP contribution >= 0.6 is 0 Å². The molecule has 2 heteroatoms. The van der Waals surface area contributed by atoms with Gasteiger partial charge < -0.3 is 10.2 Å². The monoisotopic (exact) mass is 154 g/mol. The van der Waals surface area contributed by atoms with E-state index in [4.69, 9.17) is 0 Å². The quantitative estimate of drug-likeness (QED) is 0.459. The molecule has 0 bridgehead atoms. The van der Waals surface area contributed by atoms with Gasteiger partial charge in [-0.25, -0.2) is 0 Å². The first-order chi connectivity index (χ1) is 5.27. The molecule has 0 radical (unpaired) electrons. The minimum Gasteiger partial charge on any atom is -0.309 e. The molecule has 0 atom stereocenters. The molecule has 0 aliphatic heterocycles. The van der Waals surface area contributed by atoms with Crippen LogP contribution < -0.4 is 5.32 Å². The van der Waals surface area contributed by atoms with Crippen molar-refractivity contribution < 1.29 is 0 Å². The third kappa shape index (κ3) is 9.48. The van der Waals surface area contributed by atoms with Gasteiger partial charge in [0.2, 0.25) is 0 Å². The highest BCUT2D eigenvalue weighted by atomic mass is 15.0. The van der Waals surface area contributed by atoms with Crippen molar-refractivity contribution in [3.05, 3.63) is 0 Å². The minimum atomic E-state index is 0.823. The van der Waals surface area contributed by atoms with E-state index >= 15 is 0 Å². The van der Waals surface area contributed by atoms with E-state index in [-0.39, 0.29) is 0 Å².